The van der Waals surface area contributed by atoms with E-state index >= 15 is 0 Å². The molecule has 0 atom stereocenters. The van der Waals surface area contributed by atoms with E-state index < -0.39 is 24.7 Å². The lowest BCUT2D eigenvalue weighted by Gasteiger charge is -2.14. The van der Waals surface area contributed by atoms with Gasteiger partial charge in [0, 0.05) is 12.6 Å². The van der Waals surface area contributed by atoms with Crippen molar-refractivity contribution in [3.05, 3.63) is 59.7 Å². The third kappa shape index (κ3) is 7.73. The molecule has 2 aromatic rings. The molecule has 0 heterocycles. The number of halogens is 3. The van der Waals surface area contributed by atoms with Crippen LogP contribution in [-0.4, -0.2) is 30.8 Å². The summed E-state index contributed by atoms with van der Waals surface area (Å²) in [5.41, 5.74) is 1.33. The molecule has 2 aromatic carbocycles. The zero-order valence-electron chi connectivity index (χ0n) is 16.0. The number of hydrogen-bond acceptors (Lipinski definition) is 3. The summed E-state index contributed by atoms with van der Waals surface area (Å²) in [6, 6.07) is 12.0. The monoisotopic (exact) mass is 409 g/mol. The highest BCUT2D eigenvalue weighted by molar-refractivity contribution is 6.03. The van der Waals surface area contributed by atoms with E-state index in [9.17, 15) is 22.8 Å². The number of carbonyl (C=O) groups is 2. The van der Waals surface area contributed by atoms with Crippen LogP contribution in [0.25, 0.3) is 0 Å². The third-order valence-corrected chi connectivity index (χ3v) is 3.62. The molecule has 3 N–H and O–H groups in total. The fraction of sp³-hybridized carbons (Fsp3) is 0.300. The Bertz CT molecular complexity index is 837. The molecule has 0 spiro atoms. The molecule has 0 aliphatic heterocycles. The van der Waals surface area contributed by atoms with Gasteiger partial charge in [-0.05, 0) is 43.7 Å². The second-order valence-corrected chi connectivity index (χ2v) is 6.53. The van der Waals surface area contributed by atoms with Crippen molar-refractivity contribution in [1.82, 2.24) is 10.6 Å². The molecule has 0 aliphatic rings. The second kappa shape index (κ2) is 9.81. The number of urea groups is 1. The highest BCUT2D eigenvalue weighted by Gasteiger charge is 2.28. The average Bonchev–Trinajstić information content (AvgIpc) is 2.64. The third-order valence-electron chi connectivity index (χ3n) is 3.62. The fourth-order valence-electron chi connectivity index (χ4n) is 2.36. The topological polar surface area (TPSA) is 79.5 Å². The van der Waals surface area contributed by atoms with Crippen LogP contribution in [0.5, 0.6) is 5.75 Å². The summed E-state index contributed by atoms with van der Waals surface area (Å²) < 4.78 is 41.1. The van der Waals surface area contributed by atoms with Crippen molar-refractivity contribution in [3.8, 4) is 5.75 Å². The molecule has 156 valence electrons. The second-order valence-electron chi connectivity index (χ2n) is 6.53. The maximum Gasteiger partial charge on any atom is 0.422 e. The van der Waals surface area contributed by atoms with Gasteiger partial charge < -0.3 is 20.7 Å². The summed E-state index contributed by atoms with van der Waals surface area (Å²) in [6.07, 6.45) is -4.40. The fourth-order valence-corrected chi connectivity index (χ4v) is 2.36. The first-order chi connectivity index (χ1) is 13.6. The number of nitrogens with one attached hydrogen (secondary N) is 3. The van der Waals surface area contributed by atoms with Gasteiger partial charge in [0.05, 0.1) is 11.3 Å². The number of benzene rings is 2. The Kier molecular flexibility index (Phi) is 7.46. The number of alkyl halides is 3. The lowest BCUT2D eigenvalue weighted by atomic mass is 10.1. The van der Waals surface area contributed by atoms with Crippen LogP contribution in [-0.2, 0) is 6.54 Å². The van der Waals surface area contributed by atoms with Crippen LogP contribution < -0.4 is 20.7 Å². The molecule has 6 nitrogen and oxygen atoms in total. The number of rotatable bonds is 7. The Morgan fingerprint density at radius 2 is 1.69 bits per heavy atom. The molecular weight excluding hydrogens is 387 g/mol. The van der Waals surface area contributed by atoms with Crippen LogP contribution in [0.2, 0.25) is 0 Å². The zero-order chi connectivity index (χ0) is 21.4. The number of carbonyl (C=O) groups excluding carboxylic acids is 2. The Morgan fingerprint density at radius 3 is 2.31 bits per heavy atom. The number of anilines is 1. The summed E-state index contributed by atoms with van der Waals surface area (Å²) in [7, 11) is 0. The maximum absolute atomic E-state index is 12.5. The minimum Gasteiger partial charge on any atom is -0.484 e. The van der Waals surface area contributed by atoms with Gasteiger partial charge in [-0.2, -0.15) is 13.2 Å². The molecule has 9 heteroatoms. The van der Waals surface area contributed by atoms with E-state index in [4.69, 9.17) is 0 Å². The van der Waals surface area contributed by atoms with Crippen LogP contribution in [0.4, 0.5) is 23.7 Å². The summed E-state index contributed by atoms with van der Waals surface area (Å²) in [5, 5.41) is 8.03. The number of para-hydroxylation sites is 1. The van der Waals surface area contributed by atoms with Gasteiger partial charge in [0.2, 0.25) is 0 Å². The van der Waals surface area contributed by atoms with Gasteiger partial charge in [0.15, 0.2) is 6.61 Å². The quantitative estimate of drug-likeness (QED) is 0.645. The number of hydrogen-bond donors (Lipinski definition) is 3. The average molecular weight is 409 g/mol. The first-order valence-electron chi connectivity index (χ1n) is 8.87. The first-order valence-corrected chi connectivity index (χ1v) is 8.87. The summed E-state index contributed by atoms with van der Waals surface area (Å²) >= 11 is 0. The van der Waals surface area contributed by atoms with Crippen molar-refractivity contribution in [2.75, 3.05) is 11.9 Å². The van der Waals surface area contributed by atoms with Crippen molar-refractivity contribution >= 4 is 17.6 Å². The Hall–Kier alpha value is -3.23. The standard InChI is InChI=1S/C20H22F3N3O3/c1-13(2)25-19(28)26-17-6-4-3-5-16(17)18(27)24-11-14-7-9-15(10-8-14)29-12-20(21,22)23/h3-10,13H,11-12H2,1-2H3,(H,24,27)(H2,25,26,28). The molecule has 0 saturated heterocycles. The Labute approximate surface area is 166 Å². The smallest absolute Gasteiger partial charge is 0.422 e. The van der Waals surface area contributed by atoms with E-state index in [1.807, 2.05) is 13.8 Å². The van der Waals surface area contributed by atoms with Crippen molar-refractivity contribution in [3.63, 3.8) is 0 Å². The molecule has 0 radical (unpaired) electrons. The minimum atomic E-state index is -4.40. The van der Waals surface area contributed by atoms with Crippen LogP contribution >= 0.6 is 0 Å². The van der Waals surface area contributed by atoms with E-state index in [1.54, 1.807) is 36.4 Å². The molecule has 0 bridgehead atoms. The van der Waals surface area contributed by atoms with Crippen LogP contribution in [0.15, 0.2) is 48.5 Å². The SMILES string of the molecule is CC(C)NC(=O)Nc1ccccc1C(=O)NCc1ccc(OCC(F)(F)F)cc1. The molecule has 0 fully saturated rings. The molecule has 0 aromatic heterocycles. The van der Waals surface area contributed by atoms with Gasteiger partial charge in [-0.15, -0.1) is 0 Å². The van der Waals surface area contributed by atoms with Gasteiger partial charge in [-0.25, -0.2) is 4.79 Å². The van der Waals surface area contributed by atoms with Gasteiger partial charge in [0.25, 0.3) is 5.91 Å². The predicted molar refractivity (Wildman–Crippen MR) is 103 cm³/mol. The van der Waals surface area contributed by atoms with Gasteiger partial charge in [-0.3, -0.25) is 4.79 Å². The molecule has 0 unspecified atom stereocenters. The summed E-state index contributed by atoms with van der Waals surface area (Å²) in [4.78, 5) is 24.4. The normalized spacial score (nSPS) is 11.1. The van der Waals surface area contributed by atoms with E-state index in [-0.39, 0.29) is 23.9 Å². The predicted octanol–water partition coefficient (Wildman–Crippen LogP) is 4.09. The Balaban J connectivity index is 1.95. The van der Waals surface area contributed by atoms with Crippen LogP contribution in [0, 0.1) is 0 Å². The maximum atomic E-state index is 12.5. The molecular formula is C20H22F3N3O3. The lowest BCUT2D eigenvalue weighted by Crippen LogP contribution is -2.35. The van der Waals surface area contributed by atoms with Crippen molar-refractivity contribution in [2.24, 2.45) is 0 Å². The number of amides is 3. The van der Waals surface area contributed by atoms with Crippen LogP contribution in [0.3, 0.4) is 0 Å². The van der Waals surface area contributed by atoms with E-state index in [1.165, 1.54) is 12.1 Å². The molecule has 0 saturated carbocycles. The summed E-state index contributed by atoms with van der Waals surface area (Å²) in [5.74, 6) is -0.314. The first kappa shape index (κ1) is 22.1. The van der Waals surface area contributed by atoms with E-state index in [0.29, 0.717) is 11.3 Å². The van der Waals surface area contributed by atoms with E-state index in [2.05, 4.69) is 20.7 Å². The highest BCUT2D eigenvalue weighted by Crippen LogP contribution is 2.19. The summed E-state index contributed by atoms with van der Waals surface area (Å²) in [6.45, 7) is 2.43. The van der Waals surface area contributed by atoms with Crippen molar-refractivity contribution in [2.45, 2.75) is 32.6 Å². The largest absolute Gasteiger partial charge is 0.484 e. The van der Waals surface area contributed by atoms with Crippen molar-refractivity contribution in [1.29, 1.82) is 0 Å². The molecule has 3 amide bonds. The van der Waals surface area contributed by atoms with Gasteiger partial charge >= 0.3 is 12.2 Å². The zero-order valence-corrected chi connectivity index (χ0v) is 16.0. The van der Waals surface area contributed by atoms with Gasteiger partial charge in [-0.1, -0.05) is 24.3 Å². The molecule has 0 aliphatic carbocycles. The van der Waals surface area contributed by atoms with Crippen LogP contribution in [0.1, 0.15) is 29.8 Å². The minimum absolute atomic E-state index is 0.0564. The lowest BCUT2D eigenvalue weighted by molar-refractivity contribution is -0.153. The van der Waals surface area contributed by atoms with E-state index in [0.717, 1.165) is 0 Å². The molecule has 2 rings (SSSR count). The Morgan fingerprint density at radius 1 is 1.03 bits per heavy atom. The number of ether oxygens (including phenoxy) is 1. The molecule has 29 heavy (non-hydrogen) atoms. The highest BCUT2D eigenvalue weighted by atomic mass is 19.4. The van der Waals surface area contributed by atoms with Gasteiger partial charge in [0.1, 0.15) is 5.75 Å². The van der Waals surface area contributed by atoms with Crippen molar-refractivity contribution < 1.29 is 27.5 Å².